The molecule has 2 saturated carbocycles. The molecule has 5 heterocycles. The van der Waals surface area contributed by atoms with Crippen LogP contribution in [0.3, 0.4) is 0 Å². The van der Waals surface area contributed by atoms with Gasteiger partial charge >= 0.3 is 0 Å². The normalized spacial score (nSPS) is 34.7. The maximum atomic E-state index is 14.1. The Bertz CT molecular complexity index is 1500. The number of aromatic nitrogens is 2. The highest BCUT2D eigenvalue weighted by Gasteiger charge is 2.74. The van der Waals surface area contributed by atoms with Gasteiger partial charge in [-0.15, -0.1) is 0 Å². The summed E-state index contributed by atoms with van der Waals surface area (Å²) in [6.45, 7) is 3.10. The number of likely N-dealkylation sites (tertiary alicyclic amines) is 1. The Morgan fingerprint density at radius 3 is 2.89 bits per heavy atom. The van der Waals surface area contributed by atoms with Crippen LogP contribution in [0.1, 0.15) is 55.3 Å². The summed E-state index contributed by atoms with van der Waals surface area (Å²) in [5, 5.41) is 19.6. The van der Waals surface area contributed by atoms with Gasteiger partial charge in [0.25, 0.3) is 0 Å². The number of nitrogens with zero attached hydrogens (tertiary/aromatic N) is 3. The molecule has 1 amide bonds. The molecule has 5 fully saturated rings. The second-order valence-electron chi connectivity index (χ2n) is 12.9. The Kier molecular flexibility index (Phi) is 4.20. The Morgan fingerprint density at radius 1 is 1.11 bits per heavy atom. The summed E-state index contributed by atoms with van der Waals surface area (Å²) in [7, 11) is 0. The van der Waals surface area contributed by atoms with Crippen LogP contribution in [-0.2, 0) is 23.1 Å². The largest absolute Gasteiger partial charge is 0.504 e. The Morgan fingerprint density at radius 2 is 2.00 bits per heavy atom. The lowest BCUT2D eigenvalue weighted by molar-refractivity contribution is -0.143. The number of carbonyl (C=O) groups is 1. The molecular weight excluding hydrogens is 476 g/mol. The molecule has 3 saturated heterocycles. The molecule has 7 aliphatic rings. The van der Waals surface area contributed by atoms with E-state index >= 15 is 0 Å². The predicted molar refractivity (Wildman–Crippen MR) is 142 cm³/mol. The fourth-order valence-corrected chi connectivity index (χ4v) is 9.70. The van der Waals surface area contributed by atoms with Gasteiger partial charge in [0.2, 0.25) is 5.91 Å². The molecule has 38 heavy (non-hydrogen) atoms. The standard InChI is InChI=1S/C31H34N4O3/c36-24-8-7-19-15-25-30-10-9-23(29-31(30,27(19)28(24)38-29)12-13-34(25)17-18-5-6-18)35(14-11-30)26(37)16-22-20-3-1-2-4-21(20)32-33-22/h1-4,7-8,18,23,25,29,36H,5-6,9-17H2,(H,32,33)/t23-,25-,29+,30-,31+/m1/s1. The van der Waals surface area contributed by atoms with Gasteiger partial charge in [-0.3, -0.25) is 14.8 Å². The number of H-pyrrole nitrogens is 1. The first-order valence-electron chi connectivity index (χ1n) is 14.6. The van der Waals surface area contributed by atoms with Crippen LogP contribution in [0.15, 0.2) is 36.4 Å². The topological polar surface area (TPSA) is 81.7 Å². The van der Waals surface area contributed by atoms with Crippen LogP contribution in [0, 0.1) is 11.3 Å². The minimum Gasteiger partial charge on any atom is -0.504 e. The highest BCUT2D eigenvalue weighted by Crippen LogP contribution is 2.71. The zero-order valence-corrected chi connectivity index (χ0v) is 21.7. The van der Waals surface area contributed by atoms with Crippen LogP contribution >= 0.6 is 0 Å². The summed E-state index contributed by atoms with van der Waals surface area (Å²) in [5.74, 6) is 2.00. The van der Waals surface area contributed by atoms with Crippen molar-refractivity contribution in [3.8, 4) is 11.5 Å². The summed E-state index contributed by atoms with van der Waals surface area (Å²) < 4.78 is 6.85. The molecule has 3 aliphatic carbocycles. The second-order valence-corrected chi connectivity index (χ2v) is 12.9. The van der Waals surface area contributed by atoms with Crippen LogP contribution in [0.5, 0.6) is 11.5 Å². The summed E-state index contributed by atoms with van der Waals surface area (Å²) >= 11 is 0. The molecule has 7 heteroatoms. The van der Waals surface area contributed by atoms with E-state index in [1.165, 1.54) is 30.5 Å². The molecule has 4 bridgehead atoms. The van der Waals surface area contributed by atoms with Crippen molar-refractivity contribution < 1.29 is 14.6 Å². The molecule has 2 spiro atoms. The number of fused-ring (bicyclic) bond motifs is 4. The minimum atomic E-state index is -0.113. The number of piperidine rings is 1. The Balaban J connectivity index is 1.14. The number of hydrogen-bond acceptors (Lipinski definition) is 5. The van der Waals surface area contributed by atoms with Gasteiger partial charge in [-0.05, 0) is 75.1 Å². The maximum absolute atomic E-state index is 14.1. The van der Waals surface area contributed by atoms with E-state index in [1.54, 1.807) is 0 Å². The molecule has 7 nitrogen and oxygen atoms in total. The van der Waals surface area contributed by atoms with Gasteiger partial charge in [-0.1, -0.05) is 24.3 Å². The number of benzene rings is 2. The van der Waals surface area contributed by atoms with E-state index in [1.807, 2.05) is 30.3 Å². The lowest BCUT2D eigenvalue weighted by atomic mass is 9.42. The van der Waals surface area contributed by atoms with Crippen LogP contribution in [0.2, 0.25) is 0 Å². The van der Waals surface area contributed by atoms with Crippen molar-refractivity contribution in [1.82, 2.24) is 20.0 Å². The predicted octanol–water partition coefficient (Wildman–Crippen LogP) is 3.93. The fraction of sp³-hybridized carbons (Fsp3) is 0.548. The Labute approximate surface area is 222 Å². The third kappa shape index (κ3) is 2.59. The van der Waals surface area contributed by atoms with E-state index in [4.69, 9.17) is 4.74 Å². The van der Waals surface area contributed by atoms with E-state index < -0.39 is 0 Å². The summed E-state index contributed by atoms with van der Waals surface area (Å²) in [5.41, 5.74) is 4.43. The number of phenolic OH excluding ortho intramolecular Hbond substituents is 1. The van der Waals surface area contributed by atoms with Gasteiger partial charge in [0.05, 0.1) is 23.7 Å². The molecule has 3 aromatic rings. The van der Waals surface area contributed by atoms with Crippen molar-refractivity contribution in [2.75, 3.05) is 19.6 Å². The molecular formula is C31H34N4O3. The van der Waals surface area contributed by atoms with Gasteiger partial charge in [0.1, 0.15) is 6.10 Å². The molecule has 0 unspecified atom stereocenters. The number of aromatic hydroxyl groups is 1. The van der Waals surface area contributed by atoms with Crippen molar-refractivity contribution in [3.63, 3.8) is 0 Å². The molecule has 1 aromatic heterocycles. The maximum Gasteiger partial charge on any atom is 0.228 e. The van der Waals surface area contributed by atoms with Crippen molar-refractivity contribution >= 4 is 16.8 Å². The lowest BCUT2D eigenvalue weighted by Crippen LogP contribution is -2.72. The zero-order chi connectivity index (χ0) is 25.2. The lowest BCUT2D eigenvalue weighted by Gasteiger charge is -2.66. The molecule has 10 rings (SSSR count). The third-order valence-electron chi connectivity index (χ3n) is 11.4. The molecule has 0 radical (unpaired) electrons. The van der Waals surface area contributed by atoms with E-state index in [2.05, 4.69) is 26.1 Å². The molecule has 2 N–H and O–H groups in total. The average molecular weight is 511 g/mol. The number of nitrogens with one attached hydrogen (secondary N) is 1. The number of carbonyl (C=O) groups excluding carboxylic acids is 1. The van der Waals surface area contributed by atoms with Gasteiger partial charge in [-0.2, -0.15) is 5.10 Å². The number of amides is 1. The van der Waals surface area contributed by atoms with Gasteiger partial charge < -0.3 is 14.7 Å². The Hall–Kier alpha value is -3.06. The number of hydrogen-bond donors (Lipinski definition) is 2. The number of ether oxygens (including phenoxy) is 1. The molecule has 2 aromatic carbocycles. The first-order chi connectivity index (χ1) is 18.6. The van der Waals surface area contributed by atoms with Crippen molar-refractivity contribution in [1.29, 1.82) is 0 Å². The van der Waals surface area contributed by atoms with E-state index in [9.17, 15) is 9.90 Å². The number of para-hydroxylation sites is 1. The third-order valence-corrected chi connectivity index (χ3v) is 11.4. The summed E-state index contributed by atoms with van der Waals surface area (Å²) in [6.07, 6.45) is 8.19. The average Bonchev–Trinajstić information content (AvgIpc) is 3.62. The van der Waals surface area contributed by atoms with Crippen LogP contribution in [-0.4, -0.2) is 68.8 Å². The first-order valence-corrected chi connectivity index (χ1v) is 14.6. The highest BCUT2D eigenvalue weighted by molar-refractivity contribution is 5.87. The number of phenols is 1. The van der Waals surface area contributed by atoms with E-state index in [0.717, 1.165) is 67.7 Å². The second kappa shape index (κ2) is 7.32. The summed E-state index contributed by atoms with van der Waals surface area (Å²) in [4.78, 5) is 19.0. The van der Waals surface area contributed by atoms with Crippen LogP contribution < -0.4 is 4.74 Å². The van der Waals surface area contributed by atoms with Crippen LogP contribution in [0.25, 0.3) is 10.9 Å². The van der Waals surface area contributed by atoms with Crippen molar-refractivity contribution in [2.24, 2.45) is 11.3 Å². The molecule has 5 atom stereocenters. The minimum absolute atomic E-state index is 0.0284. The van der Waals surface area contributed by atoms with Crippen molar-refractivity contribution in [3.05, 3.63) is 53.2 Å². The van der Waals surface area contributed by atoms with Gasteiger partial charge in [0.15, 0.2) is 11.5 Å². The monoisotopic (exact) mass is 510 g/mol. The van der Waals surface area contributed by atoms with Crippen molar-refractivity contribution in [2.45, 2.75) is 75.0 Å². The molecule has 4 aliphatic heterocycles. The van der Waals surface area contributed by atoms with Gasteiger partial charge in [0, 0.05) is 40.9 Å². The van der Waals surface area contributed by atoms with Gasteiger partial charge in [-0.25, -0.2) is 0 Å². The summed E-state index contributed by atoms with van der Waals surface area (Å²) in [6, 6.07) is 12.5. The highest BCUT2D eigenvalue weighted by atomic mass is 16.5. The van der Waals surface area contributed by atoms with E-state index in [-0.39, 0.29) is 34.6 Å². The smallest absolute Gasteiger partial charge is 0.228 e. The quantitative estimate of drug-likeness (QED) is 0.556. The molecule has 196 valence electrons. The SMILES string of the molecule is O=C(Cc1[nH]nc2ccccc12)N1CC[C@@]23CC[C@@H]1[C@@H]1Oc4c(O)ccc5c4[C@@]12CCN(CC1CC1)[C@@H]3C5. The zero-order valence-electron chi connectivity index (χ0n) is 21.7. The number of rotatable bonds is 4. The van der Waals surface area contributed by atoms with E-state index in [0.29, 0.717) is 18.2 Å². The van der Waals surface area contributed by atoms with Crippen LogP contribution in [0.4, 0.5) is 0 Å². The fourth-order valence-electron chi connectivity index (χ4n) is 9.70. The first kappa shape index (κ1) is 21.8. The number of aromatic amines is 1.